The number of carboxylic acid groups (broad SMARTS) is 1. The molecule has 3 aliphatic rings. The molecule has 144 valence electrons. The lowest BCUT2D eigenvalue weighted by molar-refractivity contribution is -0.150. The molecule has 1 saturated carbocycles. The zero-order valence-electron chi connectivity index (χ0n) is 14.9. The summed E-state index contributed by atoms with van der Waals surface area (Å²) in [5.41, 5.74) is -0.578. The lowest BCUT2D eigenvalue weighted by atomic mass is 9.72. The predicted molar refractivity (Wildman–Crippen MR) is 102 cm³/mol. The number of imide groups is 1. The molecule has 7 heteroatoms. The molecule has 2 saturated heterocycles. The van der Waals surface area contributed by atoms with E-state index in [2.05, 4.69) is 26.6 Å². The second kappa shape index (κ2) is 7.02. The van der Waals surface area contributed by atoms with Crippen molar-refractivity contribution >= 4 is 33.7 Å². The Morgan fingerprint density at radius 1 is 1.11 bits per heavy atom. The number of rotatable bonds is 4. The van der Waals surface area contributed by atoms with Crippen LogP contribution in [0.2, 0.25) is 0 Å². The molecule has 0 bridgehead atoms. The third-order valence-corrected chi connectivity index (χ3v) is 6.97. The van der Waals surface area contributed by atoms with Crippen LogP contribution in [-0.4, -0.2) is 28.4 Å². The van der Waals surface area contributed by atoms with Crippen molar-refractivity contribution in [3.05, 3.63) is 34.3 Å². The number of carbonyl (C=O) groups is 3. The van der Waals surface area contributed by atoms with Gasteiger partial charge in [-0.3, -0.25) is 25.0 Å². The molecule has 2 amide bonds. The molecule has 4 rings (SSSR count). The molecule has 2 aliphatic heterocycles. The van der Waals surface area contributed by atoms with Gasteiger partial charge < -0.3 is 5.11 Å². The van der Waals surface area contributed by atoms with E-state index in [1.165, 1.54) is 6.42 Å². The molecule has 3 N–H and O–H groups in total. The number of benzene rings is 1. The number of hydrogen-bond donors (Lipinski definition) is 3. The van der Waals surface area contributed by atoms with Crippen LogP contribution in [0.15, 0.2) is 28.7 Å². The second-order valence-corrected chi connectivity index (χ2v) is 8.93. The van der Waals surface area contributed by atoms with Crippen molar-refractivity contribution in [1.29, 1.82) is 0 Å². The summed E-state index contributed by atoms with van der Waals surface area (Å²) in [6.45, 7) is 0. The summed E-state index contributed by atoms with van der Waals surface area (Å²) in [6, 6.07) is 6.97. The van der Waals surface area contributed by atoms with Crippen LogP contribution in [0.25, 0.3) is 0 Å². The Hall–Kier alpha value is -1.73. The van der Waals surface area contributed by atoms with Crippen molar-refractivity contribution in [2.45, 2.75) is 50.1 Å². The van der Waals surface area contributed by atoms with E-state index in [-0.39, 0.29) is 11.8 Å². The molecule has 1 aliphatic carbocycles. The third-order valence-electron chi connectivity index (χ3n) is 6.44. The maximum atomic E-state index is 12.6. The number of carbonyl (C=O) groups excluding carboxylic acids is 2. The Bertz CT molecular complexity index is 775. The van der Waals surface area contributed by atoms with Crippen molar-refractivity contribution in [2.75, 3.05) is 0 Å². The van der Waals surface area contributed by atoms with Crippen molar-refractivity contribution in [1.82, 2.24) is 10.6 Å². The van der Waals surface area contributed by atoms with E-state index < -0.39 is 35.3 Å². The van der Waals surface area contributed by atoms with E-state index in [9.17, 15) is 19.5 Å². The van der Waals surface area contributed by atoms with Gasteiger partial charge in [-0.15, -0.1) is 0 Å². The van der Waals surface area contributed by atoms with E-state index in [0.717, 1.165) is 35.7 Å². The minimum Gasteiger partial charge on any atom is -0.480 e. The summed E-state index contributed by atoms with van der Waals surface area (Å²) in [6.07, 6.45) is 5.71. The van der Waals surface area contributed by atoms with Gasteiger partial charge >= 0.3 is 5.97 Å². The molecular formula is C20H23BrN2O4. The SMILES string of the molecule is O=C1NC(=O)C2C1C(c1ccc(Br)cc1)NC2(CC1CCCCC1)C(=O)O. The summed E-state index contributed by atoms with van der Waals surface area (Å²) in [4.78, 5) is 37.6. The Kier molecular flexibility index (Phi) is 4.84. The smallest absolute Gasteiger partial charge is 0.324 e. The molecule has 0 aromatic heterocycles. The molecule has 27 heavy (non-hydrogen) atoms. The number of amides is 2. The zero-order chi connectivity index (χ0) is 19.2. The fourth-order valence-corrected chi connectivity index (χ4v) is 5.47. The van der Waals surface area contributed by atoms with Crippen molar-refractivity contribution in [3.63, 3.8) is 0 Å². The first-order valence-electron chi connectivity index (χ1n) is 9.53. The Morgan fingerprint density at radius 2 is 1.78 bits per heavy atom. The van der Waals surface area contributed by atoms with E-state index >= 15 is 0 Å². The number of aliphatic carboxylic acids is 1. The fraction of sp³-hybridized carbons (Fsp3) is 0.550. The molecule has 2 heterocycles. The summed E-state index contributed by atoms with van der Waals surface area (Å²) < 4.78 is 0.902. The molecule has 0 spiro atoms. The highest BCUT2D eigenvalue weighted by Gasteiger charge is 2.66. The molecular weight excluding hydrogens is 412 g/mol. The summed E-state index contributed by atoms with van der Waals surface area (Å²) in [5, 5.41) is 15.8. The third kappa shape index (κ3) is 3.10. The average Bonchev–Trinajstić information content (AvgIpc) is 3.14. The molecule has 4 unspecified atom stereocenters. The second-order valence-electron chi connectivity index (χ2n) is 8.02. The number of fused-ring (bicyclic) bond motifs is 1. The van der Waals surface area contributed by atoms with Crippen molar-refractivity contribution < 1.29 is 19.5 Å². The van der Waals surface area contributed by atoms with Crippen molar-refractivity contribution in [3.8, 4) is 0 Å². The summed E-state index contributed by atoms with van der Waals surface area (Å²) >= 11 is 3.40. The van der Waals surface area contributed by atoms with Gasteiger partial charge in [0.25, 0.3) is 0 Å². The van der Waals surface area contributed by atoms with Gasteiger partial charge in [-0.25, -0.2) is 0 Å². The fourth-order valence-electron chi connectivity index (χ4n) is 5.20. The van der Waals surface area contributed by atoms with Gasteiger partial charge in [-0.05, 0) is 30.0 Å². The van der Waals surface area contributed by atoms with E-state index in [0.29, 0.717) is 6.42 Å². The van der Waals surface area contributed by atoms with Gasteiger partial charge in [0.1, 0.15) is 5.54 Å². The van der Waals surface area contributed by atoms with E-state index in [1.54, 1.807) is 0 Å². The number of nitrogens with one attached hydrogen (secondary N) is 2. The maximum absolute atomic E-state index is 12.6. The van der Waals surface area contributed by atoms with Crippen LogP contribution in [0.3, 0.4) is 0 Å². The standard InChI is InChI=1S/C20H23BrN2O4/c21-13-8-6-12(7-9-13)16-14-15(18(25)22-17(14)24)20(23-16,19(26)27)10-11-4-2-1-3-5-11/h6-9,11,14-16,23H,1-5,10H2,(H,26,27)(H,22,24,25). The molecule has 3 fully saturated rings. The first-order chi connectivity index (χ1) is 12.9. The van der Waals surface area contributed by atoms with Crippen LogP contribution < -0.4 is 10.6 Å². The van der Waals surface area contributed by atoms with Crippen LogP contribution in [0.5, 0.6) is 0 Å². The number of carboxylic acids is 1. The summed E-state index contributed by atoms with van der Waals surface area (Å²) in [7, 11) is 0. The Balaban J connectivity index is 1.74. The highest BCUT2D eigenvalue weighted by Crippen LogP contribution is 2.49. The van der Waals surface area contributed by atoms with E-state index in [4.69, 9.17) is 0 Å². The van der Waals surface area contributed by atoms with E-state index in [1.807, 2.05) is 24.3 Å². The minimum absolute atomic E-state index is 0.259. The van der Waals surface area contributed by atoms with Gasteiger partial charge in [-0.2, -0.15) is 0 Å². The molecule has 4 atom stereocenters. The van der Waals surface area contributed by atoms with Crippen molar-refractivity contribution in [2.24, 2.45) is 17.8 Å². The first kappa shape index (κ1) is 18.6. The molecule has 1 aromatic rings. The largest absolute Gasteiger partial charge is 0.480 e. The van der Waals surface area contributed by atoms with Gasteiger partial charge in [0, 0.05) is 10.5 Å². The average molecular weight is 435 g/mol. The molecule has 6 nitrogen and oxygen atoms in total. The predicted octanol–water partition coefficient (Wildman–Crippen LogP) is 2.78. The van der Waals surface area contributed by atoms with Gasteiger partial charge in [-0.1, -0.05) is 60.2 Å². The topological polar surface area (TPSA) is 95.5 Å². The highest BCUT2D eigenvalue weighted by molar-refractivity contribution is 9.10. The molecule has 0 radical (unpaired) electrons. The van der Waals surface area contributed by atoms with Crippen LogP contribution in [0, 0.1) is 17.8 Å². The van der Waals surface area contributed by atoms with Crippen LogP contribution >= 0.6 is 15.9 Å². The Morgan fingerprint density at radius 3 is 2.41 bits per heavy atom. The minimum atomic E-state index is -1.40. The van der Waals surface area contributed by atoms with Crippen LogP contribution in [0.1, 0.15) is 50.1 Å². The normalized spacial score (nSPS) is 33.7. The van der Waals surface area contributed by atoms with Crippen LogP contribution in [0.4, 0.5) is 0 Å². The van der Waals surface area contributed by atoms with Gasteiger partial charge in [0.2, 0.25) is 11.8 Å². The summed E-state index contributed by atoms with van der Waals surface area (Å²) in [5.74, 6) is -3.19. The first-order valence-corrected chi connectivity index (χ1v) is 10.3. The lowest BCUT2D eigenvalue weighted by Gasteiger charge is -2.35. The molecule has 1 aromatic carbocycles. The maximum Gasteiger partial charge on any atom is 0.324 e. The lowest BCUT2D eigenvalue weighted by Crippen LogP contribution is -2.56. The number of hydrogen-bond acceptors (Lipinski definition) is 4. The van der Waals surface area contributed by atoms with Crippen LogP contribution in [-0.2, 0) is 14.4 Å². The monoisotopic (exact) mass is 434 g/mol. The zero-order valence-corrected chi connectivity index (χ0v) is 16.5. The quantitative estimate of drug-likeness (QED) is 0.633. The number of halogens is 1. The van der Waals surface area contributed by atoms with Gasteiger partial charge in [0.05, 0.1) is 11.8 Å². The Labute approximate surface area is 166 Å². The van der Waals surface area contributed by atoms with Gasteiger partial charge in [0.15, 0.2) is 0 Å². The highest BCUT2D eigenvalue weighted by atomic mass is 79.9.